The van der Waals surface area contributed by atoms with E-state index in [-0.39, 0.29) is 12.6 Å². The Hall–Kier alpha value is -1.32. The van der Waals surface area contributed by atoms with Crippen LogP contribution in [-0.2, 0) is 10.0 Å². The lowest BCUT2D eigenvalue weighted by molar-refractivity contribution is 0.213. The van der Waals surface area contributed by atoms with Gasteiger partial charge in [-0.25, -0.2) is 13.4 Å². The number of hydrogen-bond donors (Lipinski definition) is 1. The molecule has 1 saturated heterocycles. The van der Waals surface area contributed by atoms with Crippen molar-refractivity contribution in [3.63, 3.8) is 0 Å². The Kier molecular flexibility index (Phi) is 4.17. The molecule has 1 aliphatic rings. The standard InChI is InChI=1S/C16H16N2O3S3/c19-9-12-4-3-7-18(12)24(20,21)15-8-11(10-22-15)16-17-13-5-1-2-6-14(13)23-16/h1-2,5-6,8,10,12,19H,3-4,7,9H2. The number of para-hydroxylation sites is 1. The lowest BCUT2D eigenvalue weighted by Gasteiger charge is -2.21. The smallest absolute Gasteiger partial charge is 0.252 e. The fourth-order valence-electron chi connectivity index (χ4n) is 2.98. The molecule has 0 saturated carbocycles. The molecule has 4 rings (SSSR count). The second-order valence-electron chi connectivity index (χ2n) is 5.74. The van der Waals surface area contributed by atoms with Gasteiger partial charge in [0.2, 0.25) is 0 Å². The average molecular weight is 381 g/mol. The maximum atomic E-state index is 12.8. The van der Waals surface area contributed by atoms with E-state index in [2.05, 4.69) is 4.98 Å². The third kappa shape index (κ3) is 2.68. The molecule has 8 heteroatoms. The van der Waals surface area contributed by atoms with E-state index in [4.69, 9.17) is 0 Å². The monoisotopic (exact) mass is 380 g/mol. The van der Waals surface area contributed by atoms with Gasteiger partial charge in [0.05, 0.1) is 16.8 Å². The number of benzene rings is 1. The van der Waals surface area contributed by atoms with Gasteiger partial charge in [-0.15, -0.1) is 22.7 Å². The zero-order chi connectivity index (χ0) is 16.7. The number of aliphatic hydroxyl groups excluding tert-OH is 1. The zero-order valence-corrected chi connectivity index (χ0v) is 15.2. The van der Waals surface area contributed by atoms with E-state index in [1.54, 1.807) is 17.4 Å². The number of rotatable bonds is 4. The lowest BCUT2D eigenvalue weighted by Crippen LogP contribution is -2.37. The van der Waals surface area contributed by atoms with E-state index in [1.807, 2.05) is 29.6 Å². The van der Waals surface area contributed by atoms with E-state index >= 15 is 0 Å². The topological polar surface area (TPSA) is 70.5 Å². The molecule has 5 nitrogen and oxygen atoms in total. The van der Waals surface area contributed by atoms with Crippen LogP contribution in [0.3, 0.4) is 0 Å². The van der Waals surface area contributed by atoms with Crippen LogP contribution in [0.2, 0.25) is 0 Å². The summed E-state index contributed by atoms with van der Waals surface area (Å²) in [5.41, 5.74) is 1.76. The largest absolute Gasteiger partial charge is 0.395 e. The fourth-order valence-corrected chi connectivity index (χ4v) is 6.99. The summed E-state index contributed by atoms with van der Waals surface area (Å²) in [6, 6.07) is 9.27. The summed E-state index contributed by atoms with van der Waals surface area (Å²) in [4.78, 5) is 4.58. The summed E-state index contributed by atoms with van der Waals surface area (Å²) < 4.78 is 28.5. The Morgan fingerprint density at radius 3 is 2.96 bits per heavy atom. The molecule has 0 aliphatic carbocycles. The zero-order valence-electron chi connectivity index (χ0n) is 12.8. The van der Waals surface area contributed by atoms with Gasteiger partial charge >= 0.3 is 0 Å². The highest BCUT2D eigenvalue weighted by Crippen LogP contribution is 2.36. The van der Waals surface area contributed by atoms with E-state index in [0.29, 0.717) is 17.2 Å². The Labute approximate surface area is 148 Å². The SMILES string of the molecule is O=S(=O)(c1cc(-c2nc3ccccc3s2)cs1)N1CCCC1CO. The molecule has 1 unspecified atom stereocenters. The molecule has 1 aromatic carbocycles. The van der Waals surface area contributed by atoms with E-state index in [1.165, 1.54) is 15.6 Å². The van der Waals surface area contributed by atoms with Crippen molar-refractivity contribution in [1.29, 1.82) is 0 Å². The van der Waals surface area contributed by atoms with Crippen molar-refractivity contribution in [2.24, 2.45) is 0 Å². The van der Waals surface area contributed by atoms with Gasteiger partial charge in [0.1, 0.15) is 9.22 Å². The summed E-state index contributed by atoms with van der Waals surface area (Å²) >= 11 is 2.77. The second-order valence-corrected chi connectivity index (χ2v) is 9.79. The van der Waals surface area contributed by atoms with Gasteiger partial charge in [-0.1, -0.05) is 12.1 Å². The summed E-state index contributed by atoms with van der Waals surface area (Å²) in [6.07, 6.45) is 1.51. The van der Waals surface area contributed by atoms with Crippen LogP contribution in [0.25, 0.3) is 20.8 Å². The molecule has 0 amide bonds. The van der Waals surface area contributed by atoms with Crippen LogP contribution < -0.4 is 0 Å². The predicted octanol–water partition coefficient (Wildman–Crippen LogP) is 3.17. The van der Waals surface area contributed by atoms with E-state index in [9.17, 15) is 13.5 Å². The summed E-state index contributed by atoms with van der Waals surface area (Å²) in [5.74, 6) is 0. The minimum Gasteiger partial charge on any atom is -0.395 e. The second kappa shape index (κ2) is 6.20. The van der Waals surface area contributed by atoms with Crippen molar-refractivity contribution >= 4 is 42.9 Å². The summed E-state index contributed by atoms with van der Waals surface area (Å²) in [6.45, 7) is 0.345. The van der Waals surface area contributed by atoms with Crippen molar-refractivity contribution in [3.8, 4) is 10.6 Å². The Morgan fingerprint density at radius 1 is 1.33 bits per heavy atom. The van der Waals surface area contributed by atoms with Gasteiger partial charge < -0.3 is 5.11 Å². The molecule has 0 bridgehead atoms. The Balaban J connectivity index is 1.69. The number of aromatic nitrogens is 1. The first-order valence-corrected chi connectivity index (χ1v) is 10.8. The van der Waals surface area contributed by atoms with Crippen LogP contribution in [0.15, 0.2) is 39.9 Å². The van der Waals surface area contributed by atoms with Gasteiger partial charge in [-0.05, 0) is 31.0 Å². The number of nitrogens with zero attached hydrogens (tertiary/aromatic N) is 2. The fraction of sp³-hybridized carbons (Fsp3) is 0.312. The van der Waals surface area contributed by atoms with Crippen LogP contribution in [0.4, 0.5) is 0 Å². The molecule has 2 aromatic heterocycles. The Morgan fingerprint density at radius 2 is 2.17 bits per heavy atom. The maximum absolute atomic E-state index is 12.8. The quantitative estimate of drug-likeness (QED) is 0.755. The first kappa shape index (κ1) is 16.2. The third-order valence-corrected chi connectivity index (χ3v) is 8.67. The van der Waals surface area contributed by atoms with Crippen LogP contribution in [0, 0.1) is 0 Å². The van der Waals surface area contributed by atoms with Crippen molar-refractivity contribution in [2.45, 2.75) is 23.1 Å². The van der Waals surface area contributed by atoms with E-state index in [0.717, 1.165) is 27.2 Å². The van der Waals surface area contributed by atoms with Crippen molar-refractivity contribution in [1.82, 2.24) is 9.29 Å². The van der Waals surface area contributed by atoms with E-state index < -0.39 is 10.0 Å². The molecular formula is C16H16N2O3S3. The number of aliphatic hydroxyl groups is 1. The van der Waals surface area contributed by atoms with Crippen molar-refractivity contribution < 1.29 is 13.5 Å². The molecule has 0 radical (unpaired) electrons. The molecule has 1 N–H and O–H groups in total. The van der Waals surface area contributed by atoms with Crippen LogP contribution in [0.5, 0.6) is 0 Å². The van der Waals surface area contributed by atoms with Gasteiger partial charge in [0, 0.05) is 23.5 Å². The number of thiazole rings is 1. The molecule has 3 aromatic rings. The van der Waals surface area contributed by atoms with Crippen LogP contribution in [-0.4, -0.2) is 42.0 Å². The normalized spacial score (nSPS) is 19.3. The van der Waals surface area contributed by atoms with Crippen LogP contribution >= 0.6 is 22.7 Å². The summed E-state index contributed by atoms with van der Waals surface area (Å²) in [7, 11) is -3.55. The van der Waals surface area contributed by atoms with Gasteiger partial charge in [-0.2, -0.15) is 4.31 Å². The van der Waals surface area contributed by atoms with Crippen LogP contribution in [0.1, 0.15) is 12.8 Å². The van der Waals surface area contributed by atoms with Gasteiger partial charge in [0.15, 0.2) is 0 Å². The number of hydrogen-bond acceptors (Lipinski definition) is 6. The molecule has 1 fully saturated rings. The van der Waals surface area contributed by atoms with Gasteiger partial charge in [-0.3, -0.25) is 0 Å². The highest BCUT2D eigenvalue weighted by Gasteiger charge is 2.35. The number of sulfonamides is 1. The number of thiophene rings is 1. The minimum absolute atomic E-state index is 0.130. The van der Waals surface area contributed by atoms with Crippen molar-refractivity contribution in [3.05, 3.63) is 35.7 Å². The average Bonchev–Trinajstić information content (AvgIpc) is 3.31. The molecular weight excluding hydrogens is 364 g/mol. The third-order valence-electron chi connectivity index (χ3n) is 4.21. The summed E-state index contributed by atoms with van der Waals surface area (Å²) in [5, 5.41) is 12.1. The van der Waals surface area contributed by atoms with Crippen molar-refractivity contribution in [2.75, 3.05) is 13.2 Å². The molecule has 1 atom stereocenters. The molecule has 1 aliphatic heterocycles. The molecule has 24 heavy (non-hydrogen) atoms. The number of fused-ring (bicyclic) bond motifs is 1. The first-order chi connectivity index (χ1) is 11.6. The molecule has 0 spiro atoms. The highest BCUT2D eigenvalue weighted by molar-refractivity contribution is 7.91. The minimum atomic E-state index is -3.55. The Bertz CT molecular complexity index is 944. The maximum Gasteiger partial charge on any atom is 0.252 e. The molecule has 3 heterocycles. The predicted molar refractivity (Wildman–Crippen MR) is 96.9 cm³/mol. The first-order valence-electron chi connectivity index (χ1n) is 7.67. The molecule has 126 valence electrons. The lowest BCUT2D eigenvalue weighted by atomic mass is 10.2. The highest BCUT2D eigenvalue weighted by atomic mass is 32.2. The van der Waals surface area contributed by atoms with Gasteiger partial charge in [0.25, 0.3) is 10.0 Å².